The summed E-state index contributed by atoms with van der Waals surface area (Å²) in [7, 11) is 1.45. The standard InChI is InChI=1S/C14H19NO2/c1-9-7-10(2)13(11(3)8-9)15-6-5-12(15)14(16)17-4/h7-8,12H,5-6H2,1-4H3. The lowest BCUT2D eigenvalue weighted by atomic mass is 9.96. The second-order valence-corrected chi connectivity index (χ2v) is 4.77. The van der Waals surface area contributed by atoms with Crippen LogP contribution in [0.2, 0.25) is 0 Å². The zero-order chi connectivity index (χ0) is 12.6. The van der Waals surface area contributed by atoms with Gasteiger partial charge in [-0.1, -0.05) is 17.7 Å². The Labute approximate surface area is 102 Å². The highest BCUT2D eigenvalue weighted by atomic mass is 16.5. The van der Waals surface area contributed by atoms with E-state index in [1.165, 1.54) is 29.5 Å². The summed E-state index contributed by atoms with van der Waals surface area (Å²) in [6.07, 6.45) is 0.888. The number of carbonyl (C=O) groups excluding carboxylic acids is 1. The van der Waals surface area contributed by atoms with Crippen LogP contribution in [-0.2, 0) is 9.53 Å². The second kappa shape index (κ2) is 4.40. The molecule has 2 rings (SSSR count). The maximum Gasteiger partial charge on any atom is 0.328 e. The van der Waals surface area contributed by atoms with Crippen molar-refractivity contribution in [2.24, 2.45) is 0 Å². The molecule has 1 aromatic rings. The number of methoxy groups -OCH3 is 1. The van der Waals surface area contributed by atoms with Gasteiger partial charge in [-0.3, -0.25) is 0 Å². The smallest absolute Gasteiger partial charge is 0.328 e. The highest BCUT2D eigenvalue weighted by Crippen LogP contribution is 2.33. The summed E-state index contributed by atoms with van der Waals surface area (Å²) in [6, 6.07) is 4.23. The van der Waals surface area contributed by atoms with Crippen LogP contribution in [0.25, 0.3) is 0 Å². The fourth-order valence-corrected chi connectivity index (χ4v) is 2.66. The van der Waals surface area contributed by atoms with Gasteiger partial charge in [-0.05, 0) is 38.3 Å². The minimum absolute atomic E-state index is 0.0971. The maximum absolute atomic E-state index is 11.6. The molecule has 1 fully saturated rings. The van der Waals surface area contributed by atoms with E-state index in [0.717, 1.165) is 13.0 Å². The zero-order valence-electron chi connectivity index (χ0n) is 10.9. The molecule has 0 amide bonds. The molecule has 0 spiro atoms. The molecule has 0 aliphatic carbocycles. The van der Waals surface area contributed by atoms with Crippen molar-refractivity contribution in [3.63, 3.8) is 0 Å². The highest BCUT2D eigenvalue weighted by molar-refractivity contribution is 5.83. The van der Waals surface area contributed by atoms with Gasteiger partial charge in [-0.2, -0.15) is 0 Å². The number of benzene rings is 1. The van der Waals surface area contributed by atoms with Crippen molar-refractivity contribution in [2.75, 3.05) is 18.6 Å². The molecule has 1 atom stereocenters. The van der Waals surface area contributed by atoms with Gasteiger partial charge in [-0.15, -0.1) is 0 Å². The van der Waals surface area contributed by atoms with Gasteiger partial charge < -0.3 is 9.64 Å². The topological polar surface area (TPSA) is 29.5 Å². The van der Waals surface area contributed by atoms with Crippen LogP contribution in [0.1, 0.15) is 23.1 Å². The molecule has 1 aliphatic heterocycles. The van der Waals surface area contributed by atoms with Crippen molar-refractivity contribution in [3.05, 3.63) is 28.8 Å². The van der Waals surface area contributed by atoms with Crippen LogP contribution in [0.15, 0.2) is 12.1 Å². The number of nitrogens with zero attached hydrogens (tertiary/aromatic N) is 1. The van der Waals surface area contributed by atoms with Gasteiger partial charge in [0, 0.05) is 12.2 Å². The quantitative estimate of drug-likeness (QED) is 0.734. The second-order valence-electron chi connectivity index (χ2n) is 4.77. The fraction of sp³-hybridized carbons (Fsp3) is 0.500. The average Bonchev–Trinajstić information content (AvgIpc) is 2.21. The Morgan fingerprint density at radius 3 is 2.29 bits per heavy atom. The SMILES string of the molecule is COC(=O)C1CCN1c1c(C)cc(C)cc1C. The van der Waals surface area contributed by atoms with E-state index in [9.17, 15) is 4.79 Å². The predicted octanol–water partition coefficient (Wildman–Crippen LogP) is 2.36. The third-order valence-electron chi connectivity index (χ3n) is 3.42. The molecule has 1 saturated heterocycles. The lowest BCUT2D eigenvalue weighted by Crippen LogP contribution is -2.53. The van der Waals surface area contributed by atoms with E-state index < -0.39 is 0 Å². The van der Waals surface area contributed by atoms with Crippen LogP contribution < -0.4 is 4.90 Å². The van der Waals surface area contributed by atoms with Gasteiger partial charge in [0.05, 0.1) is 7.11 Å². The summed E-state index contributed by atoms with van der Waals surface area (Å²) in [6.45, 7) is 7.23. The molecule has 0 aromatic heterocycles. The van der Waals surface area contributed by atoms with E-state index in [0.29, 0.717) is 0 Å². The summed E-state index contributed by atoms with van der Waals surface area (Å²) in [5.74, 6) is -0.129. The van der Waals surface area contributed by atoms with Gasteiger partial charge in [0.2, 0.25) is 0 Å². The molecular formula is C14H19NO2. The molecule has 1 heterocycles. The monoisotopic (exact) mass is 233 g/mol. The largest absolute Gasteiger partial charge is 0.467 e. The number of aryl methyl sites for hydroxylation is 3. The van der Waals surface area contributed by atoms with Crippen molar-refractivity contribution in [2.45, 2.75) is 33.2 Å². The zero-order valence-corrected chi connectivity index (χ0v) is 10.9. The van der Waals surface area contributed by atoms with E-state index in [2.05, 4.69) is 37.8 Å². The molecule has 0 radical (unpaired) electrons. The first-order valence-electron chi connectivity index (χ1n) is 5.97. The van der Waals surface area contributed by atoms with Gasteiger partial charge in [0.15, 0.2) is 0 Å². The molecule has 0 bridgehead atoms. The minimum atomic E-state index is -0.129. The fourth-order valence-electron chi connectivity index (χ4n) is 2.66. The minimum Gasteiger partial charge on any atom is -0.467 e. The normalized spacial score (nSPS) is 18.8. The van der Waals surface area contributed by atoms with Crippen molar-refractivity contribution in [3.8, 4) is 0 Å². The Balaban J connectivity index is 2.32. The highest BCUT2D eigenvalue weighted by Gasteiger charge is 2.36. The molecule has 92 valence electrons. The number of hydrogen-bond acceptors (Lipinski definition) is 3. The van der Waals surface area contributed by atoms with Gasteiger partial charge in [-0.25, -0.2) is 4.79 Å². The van der Waals surface area contributed by atoms with Crippen molar-refractivity contribution in [1.29, 1.82) is 0 Å². The van der Waals surface area contributed by atoms with Crippen molar-refractivity contribution < 1.29 is 9.53 Å². The average molecular weight is 233 g/mol. The molecular weight excluding hydrogens is 214 g/mol. The van der Waals surface area contributed by atoms with E-state index in [4.69, 9.17) is 4.74 Å². The summed E-state index contributed by atoms with van der Waals surface area (Å²) in [4.78, 5) is 13.8. The van der Waals surface area contributed by atoms with E-state index >= 15 is 0 Å². The van der Waals surface area contributed by atoms with Crippen LogP contribution in [-0.4, -0.2) is 25.7 Å². The molecule has 1 unspecified atom stereocenters. The Kier molecular flexibility index (Phi) is 3.09. The summed E-state index contributed by atoms with van der Waals surface area (Å²) < 4.78 is 4.83. The van der Waals surface area contributed by atoms with Crippen LogP contribution in [0.5, 0.6) is 0 Å². The van der Waals surface area contributed by atoms with Crippen molar-refractivity contribution >= 4 is 11.7 Å². The predicted molar refractivity (Wildman–Crippen MR) is 68.4 cm³/mol. The summed E-state index contributed by atoms with van der Waals surface area (Å²) in [5.41, 5.74) is 4.92. The third-order valence-corrected chi connectivity index (χ3v) is 3.42. The molecule has 1 aromatic carbocycles. The lowest BCUT2D eigenvalue weighted by Gasteiger charge is -2.42. The molecule has 3 nitrogen and oxygen atoms in total. The van der Waals surface area contributed by atoms with Crippen LogP contribution in [0.4, 0.5) is 5.69 Å². The van der Waals surface area contributed by atoms with Gasteiger partial charge >= 0.3 is 5.97 Å². The Morgan fingerprint density at radius 2 is 1.88 bits per heavy atom. The first kappa shape index (κ1) is 12.0. The number of anilines is 1. The molecule has 17 heavy (non-hydrogen) atoms. The Bertz CT molecular complexity index is 431. The van der Waals surface area contributed by atoms with Crippen LogP contribution in [0.3, 0.4) is 0 Å². The number of carbonyl (C=O) groups is 1. The van der Waals surface area contributed by atoms with Gasteiger partial charge in [0.25, 0.3) is 0 Å². The Hall–Kier alpha value is -1.51. The van der Waals surface area contributed by atoms with E-state index in [1.54, 1.807) is 0 Å². The molecule has 0 N–H and O–H groups in total. The Morgan fingerprint density at radius 1 is 1.29 bits per heavy atom. The van der Waals surface area contributed by atoms with E-state index in [1.807, 2.05) is 0 Å². The first-order chi connectivity index (χ1) is 8.04. The molecule has 1 aliphatic rings. The number of rotatable bonds is 2. The lowest BCUT2D eigenvalue weighted by molar-refractivity contribution is -0.143. The number of ether oxygens (including phenoxy) is 1. The van der Waals surface area contributed by atoms with Crippen LogP contribution >= 0.6 is 0 Å². The maximum atomic E-state index is 11.6. The number of esters is 1. The van der Waals surface area contributed by atoms with Gasteiger partial charge in [0.1, 0.15) is 6.04 Å². The first-order valence-corrected chi connectivity index (χ1v) is 5.97. The number of hydrogen-bond donors (Lipinski definition) is 0. The molecule has 0 saturated carbocycles. The van der Waals surface area contributed by atoms with Crippen molar-refractivity contribution in [1.82, 2.24) is 0 Å². The van der Waals surface area contributed by atoms with E-state index in [-0.39, 0.29) is 12.0 Å². The van der Waals surface area contributed by atoms with Crippen LogP contribution in [0, 0.1) is 20.8 Å². The summed E-state index contributed by atoms with van der Waals surface area (Å²) in [5, 5.41) is 0. The molecule has 3 heteroatoms. The summed E-state index contributed by atoms with van der Waals surface area (Å²) >= 11 is 0. The third kappa shape index (κ3) is 2.02.